The molecule has 0 amide bonds. The van der Waals surface area contributed by atoms with E-state index in [2.05, 4.69) is 27.4 Å². The number of nitrogens with zero attached hydrogens (tertiary/aromatic N) is 4. The molecule has 0 unspecified atom stereocenters. The van der Waals surface area contributed by atoms with E-state index in [4.69, 9.17) is 5.73 Å². The Kier molecular flexibility index (Phi) is 3.00. The molecule has 0 atom stereocenters. The van der Waals surface area contributed by atoms with Gasteiger partial charge in [0, 0.05) is 6.54 Å². The quantitative estimate of drug-likeness (QED) is 0.796. The Balaban J connectivity index is 1.99. The van der Waals surface area contributed by atoms with Crippen LogP contribution in [0, 0.1) is 0 Å². The van der Waals surface area contributed by atoms with Crippen LogP contribution in [0.1, 0.15) is 12.7 Å². The van der Waals surface area contributed by atoms with Gasteiger partial charge in [0.15, 0.2) is 5.82 Å². The first-order valence-electron chi connectivity index (χ1n) is 5.11. The number of nitrogens with two attached hydrogens (primary N) is 1. The fourth-order valence-corrected chi connectivity index (χ4v) is 1.37. The standard InChI is InChI=1S/C10H14N6/c1-2-16-7-14-15-10(16)6-12-8-3-4-9(11)13-5-8/h3-5,7,12H,2,6H2,1H3,(H2,11,13). The second-order valence-electron chi connectivity index (χ2n) is 3.36. The van der Waals surface area contributed by atoms with Crippen LogP contribution in [0.5, 0.6) is 0 Å². The maximum absolute atomic E-state index is 5.50. The Bertz CT molecular complexity index is 447. The molecule has 0 aliphatic carbocycles. The van der Waals surface area contributed by atoms with Crippen LogP contribution in [0.4, 0.5) is 11.5 Å². The number of pyridine rings is 1. The number of anilines is 2. The summed E-state index contributed by atoms with van der Waals surface area (Å²) in [6, 6.07) is 3.64. The summed E-state index contributed by atoms with van der Waals surface area (Å²) in [5, 5.41) is 11.1. The van der Waals surface area contributed by atoms with Gasteiger partial charge in [-0.15, -0.1) is 10.2 Å². The minimum absolute atomic E-state index is 0.516. The van der Waals surface area contributed by atoms with Gasteiger partial charge in [-0.3, -0.25) is 0 Å². The Morgan fingerprint density at radius 2 is 2.31 bits per heavy atom. The number of hydrogen-bond donors (Lipinski definition) is 2. The largest absolute Gasteiger partial charge is 0.384 e. The molecule has 0 radical (unpaired) electrons. The monoisotopic (exact) mass is 218 g/mol. The molecule has 2 heterocycles. The van der Waals surface area contributed by atoms with Gasteiger partial charge in [0.1, 0.15) is 12.1 Å². The first-order chi connectivity index (χ1) is 7.79. The SMILES string of the molecule is CCn1cnnc1CNc1ccc(N)nc1. The van der Waals surface area contributed by atoms with E-state index in [9.17, 15) is 0 Å². The molecule has 6 heteroatoms. The van der Waals surface area contributed by atoms with Gasteiger partial charge in [-0.1, -0.05) is 0 Å². The maximum atomic E-state index is 5.50. The number of nitrogen functional groups attached to an aromatic ring is 1. The van der Waals surface area contributed by atoms with Crippen LogP contribution in [-0.2, 0) is 13.1 Å². The van der Waals surface area contributed by atoms with E-state index in [1.807, 2.05) is 10.6 Å². The highest BCUT2D eigenvalue weighted by molar-refractivity contribution is 5.45. The molecule has 0 spiro atoms. The van der Waals surface area contributed by atoms with Crippen LogP contribution in [0.3, 0.4) is 0 Å². The molecule has 0 aliphatic rings. The van der Waals surface area contributed by atoms with Crippen molar-refractivity contribution in [2.75, 3.05) is 11.1 Å². The number of aromatic nitrogens is 4. The fourth-order valence-electron chi connectivity index (χ4n) is 1.37. The van der Waals surface area contributed by atoms with Crippen molar-refractivity contribution in [1.82, 2.24) is 19.7 Å². The molecule has 0 aliphatic heterocycles. The van der Waals surface area contributed by atoms with Crippen LogP contribution in [0.25, 0.3) is 0 Å². The van der Waals surface area contributed by atoms with Crippen molar-refractivity contribution in [3.63, 3.8) is 0 Å². The third kappa shape index (κ3) is 2.28. The highest BCUT2D eigenvalue weighted by Crippen LogP contribution is 2.08. The molecule has 0 saturated heterocycles. The third-order valence-electron chi connectivity index (χ3n) is 2.27. The van der Waals surface area contributed by atoms with Crippen molar-refractivity contribution in [1.29, 1.82) is 0 Å². The summed E-state index contributed by atoms with van der Waals surface area (Å²) in [5.74, 6) is 1.42. The van der Waals surface area contributed by atoms with Gasteiger partial charge in [0.2, 0.25) is 0 Å². The van der Waals surface area contributed by atoms with E-state index in [1.54, 1.807) is 18.6 Å². The Morgan fingerprint density at radius 1 is 1.44 bits per heavy atom. The minimum atomic E-state index is 0.516. The van der Waals surface area contributed by atoms with E-state index in [0.717, 1.165) is 18.1 Å². The molecule has 0 aromatic carbocycles. The summed E-state index contributed by atoms with van der Waals surface area (Å²) in [6.07, 6.45) is 3.42. The minimum Gasteiger partial charge on any atom is -0.384 e. The lowest BCUT2D eigenvalue weighted by atomic mass is 10.4. The summed E-state index contributed by atoms with van der Waals surface area (Å²) >= 11 is 0. The lowest BCUT2D eigenvalue weighted by Gasteiger charge is -2.06. The highest BCUT2D eigenvalue weighted by atomic mass is 15.3. The predicted octanol–water partition coefficient (Wildman–Crippen LogP) is 0.887. The molecular weight excluding hydrogens is 204 g/mol. The molecule has 2 aromatic heterocycles. The maximum Gasteiger partial charge on any atom is 0.152 e. The van der Waals surface area contributed by atoms with Gasteiger partial charge >= 0.3 is 0 Å². The normalized spacial score (nSPS) is 10.3. The average molecular weight is 218 g/mol. The smallest absolute Gasteiger partial charge is 0.152 e. The molecule has 6 nitrogen and oxygen atoms in total. The van der Waals surface area contributed by atoms with E-state index in [0.29, 0.717) is 12.4 Å². The van der Waals surface area contributed by atoms with Crippen LogP contribution in [0.2, 0.25) is 0 Å². The number of aryl methyl sites for hydroxylation is 1. The summed E-state index contributed by atoms with van der Waals surface area (Å²) in [7, 11) is 0. The first-order valence-corrected chi connectivity index (χ1v) is 5.11. The van der Waals surface area contributed by atoms with E-state index >= 15 is 0 Å². The lowest BCUT2D eigenvalue weighted by Crippen LogP contribution is -2.07. The molecule has 0 bridgehead atoms. The summed E-state index contributed by atoms with van der Waals surface area (Å²) in [4.78, 5) is 3.99. The van der Waals surface area contributed by atoms with Crippen molar-refractivity contribution in [2.45, 2.75) is 20.0 Å². The molecule has 2 aromatic rings. The van der Waals surface area contributed by atoms with Crippen molar-refractivity contribution in [3.8, 4) is 0 Å². The van der Waals surface area contributed by atoms with Gasteiger partial charge in [-0.25, -0.2) is 4.98 Å². The lowest BCUT2D eigenvalue weighted by molar-refractivity contribution is 0.708. The van der Waals surface area contributed by atoms with Gasteiger partial charge in [-0.2, -0.15) is 0 Å². The number of nitrogens with one attached hydrogen (secondary N) is 1. The van der Waals surface area contributed by atoms with E-state index in [1.165, 1.54) is 0 Å². The zero-order valence-electron chi connectivity index (χ0n) is 9.09. The molecule has 0 fully saturated rings. The van der Waals surface area contributed by atoms with Crippen molar-refractivity contribution in [2.24, 2.45) is 0 Å². The number of rotatable bonds is 4. The molecule has 16 heavy (non-hydrogen) atoms. The first kappa shape index (κ1) is 10.4. The van der Waals surface area contributed by atoms with Crippen molar-refractivity contribution in [3.05, 3.63) is 30.5 Å². The zero-order valence-corrected chi connectivity index (χ0v) is 9.09. The topological polar surface area (TPSA) is 81.7 Å². The number of hydrogen-bond acceptors (Lipinski definition) is 5. The van der Waals surface area contributed by atoms with Crippen LogP contribution >= 0.6 is 0 Å². The van der Waals surface area contributed by atoms with Gasteiger partial charge in [-0.05, 0) is 19.1 Å². The highest BCUT2D eigenvalue weighted by Gasteiger charge is 2.01. The van der Waals surface area contributed by atoms with Crippen LogP contribution < -0.4 is 11.1 Å². The molecular formula is C10H14N6. The molecule has 3 N–H and O–H groups in total. The Labute approximate surface area is 93.5 Å². The third-order valence-corrected chi connectivity index (χ3v) is 2.27. The fraction of sp³-hybridized carbons (Fsp3) is 0.300. The Morgan fingerprint density at radius 3 is 3.00 bits per heavy atom. The molecule has 2 rings (SSSR count). The predicted molar refractivity (Wildman–Crippen MR) is 61.7 cm³/mol. The average Bonchev–Trinajstić information content (AvgIpc) is 2.76. The van der Waals surface area contributed by atoms with Gasteiger partial charge in [0.05, 0.1) is 18.4 Å². The summed E-state index contributed by atoms with van der Waals surface area (Å²) in [5.41, 5.74) is 6.41. The van der Waals surface area contributed by atoms with E-state index in [-0.39, 0.29) is 0 Å². The molecule has 0 saturated carbocycles. The van der Waals surface area contributed by atoms with Gasteiger partial charge in [0.25, 0.3) is 0 Å². The van der Waals surface area contributed by atoms with Crippen molar-refractivity contribution >= 4 is 11.5 Å². The second kappa shape index (κ2) is 4.61. The Hall–Kier alpha value is -2.11. The van der Waals surface area contributed by atoms with Crippen molar-refractivity contribution < 1.29 is 0 Å². The second-order valence-corrected chi connectivity index (χ2v) is 3.36. The van der Waals surface area contributed by atoms with Crippen LogP contribution in [-0.4, -0.2) is 19.7 Å². The van der Waals surface area contributed by atoms with Gasteiger partial charge < -0.3 is 15.6 Å². The van der Waals surface area contributed by atoms with E-state index < -0.39 is 0 Å². The summed E-state index contributed by atoms with van der Waals surface area (Å²) < 4.78 is 1.98. The van der Waals surface area contributed by atoms with Crippen LogP contribution in [0.15, 0.2) is 24.7 Å². The molecule has 84 valence electrons. The summed E-state index contributed by atoms with van der Waals surface area (Å²) in [6.45, 7) is 3.54. The zero-order chi connectivity index (χ0) is 11.4.